The fourth-order valence-corrected chi connectivity index (χ4v) is 2.07. The van der Waals surface area contributed by atoms with Crippen LogP contribution in [0, 0.1) is 6.92 Å². The van der Waals surface area contributed by atoms with E-state index in [0.717, 1.165) is 11.3 Å². The highest BCUT2D eigenvalue weighted by molar-refractivity contribution is 5.51. The van der Waals surface area contributed by atoms with Crippen LogP contribution in [0.1, 0.15) is 11.3 Å². The molecule has 1 aromatic carbocycles. The zero-order valence-corrected chi connectivity index (χ0v) is 12.1. The lowest BCUT2D eigenvalue weighted by Gasteiger charge is -2.14. The molecule has 1 heterocycles. The van der Waals surface area contributed by atoms with Crippen molar-refractivity contribution in [2.45, 2.75) is 13.5 Å². The van der Waals surface area contributed by atoms with E-state index in [0.29, 0.717) is 29.6 Å². The quantitative estimate of drug-likeness (QED) is 0.903. The molecule has 2 aromatic rings. The number of rotatable bonds is 5. The normalized spacial score (nSPS) is 10.4. The van der Waals surface area contributed by atoms with Crippen LogP contribution >= 0.6 is 0 Å². The first kappa shape index (κ1) is 14.0. The average molecular weight is 277 g/mol. The Kier molecular flexibility index (Phi) is 4.02. The smallest absolute Gasteiger partial charge is 0.164 e. The predicted molar refractivity (Wildman–Crippen MR) is 76.6 cm³/mol. The zero-order valence-electron chi connectivity index (χ0n) is 12.1. The summed E-state index contributed by atoms with van der Waals surface area (Å²) in [5, 5.41) is 4.34. The first-order valence-corrected chi connectivity index (χ1v) is 6.17. The van der Waals surface area contributed by atoms with Gasteiger partial charge in [0.2, 0.25) is 0 Å². The summed E-state index contributed by atoms with van der Waals surface area (Å²) in [6.45, 7) is 2.40. The van der Waals surface area contributed by atoms with Crippen LogP contribution in [0.15, 0.2) is 18.2 Å². The van der Waals surface area contributed by atoms with E-state index in [9.17, 15) is 0 Å². The van der Waals surface area contributed by atoms with Crippen molar-refractivity contribution < 1.29 is 14.2 Å². The van der Waals surface area contributed by atoms with Gasteiger partial charge >= 0.3 is 0 Å². The van der Waals surface area contributed by atoms with Gasteiger partial charge in [0.05, 0.1) is 33.6 Å². The third-order valence-electron chi connectivity index (χ3n) is 3.04. The van der Waals surface area contributed by atoms with Gasteiger partial charge in [0.15, 0.2) is 11.5 Å². The summed E-state index contributed by atoms with van der Waals surface area (Å²) in [6, 6.07) is 5.49. The number of benzene rings is 1. The van der Waals surface area contributed by atoms with E-state index in [4.69, 9.17) is 19.9 Å². The van der Waals surface area contributed by atoms with Crippen LogP contribution in [0.5, 0.6) is 17.2 Å². The van der Waals surface area contributed by atoms with Crippen LogP contribution in [0.4, 0.5) is 5.82 Å². The van der Waals surface area contributed by atoms with Gasteiger partial charge in [-0.25, -0.2) is 4.68 Å². The third kappa shape index (κ3) is 2.64. The summed E-state index contributed by atoms with van der Waals surface area (Å²) in [5.41, 5.74) is 7.70. The Labute approximate surface area is 118 Å². The number of ether oxygens (including phenoxy) is 3. The number of hydrogen-bond acceptors (Lipinski definition) is 5. The van der Waals surface area contributed by atoms with Gasteiger partial charge in [0, 0.05) is 17.7 Å². The van der Waals surface area contributed by atoms with Crippen molar-refractivity contribution >= 4 is 5.82 Å². The van der Waals surface area contributed by atoms with Crippen LogP contribution in [-0.4, -0.2) is 31.1 Å². The van der Waals surface area contributed by atoms with E-state index < -0.39 is 0 Å². The van der Waals surface area contributed by atoms with Crippen molar-refractivity contribution in [1.82, 2.24) is 9.78 Å². The average Bonchev–Trinajstić information content (AvgIpc) is 2.76. The lowest BCUT2D eigenvalue weighted by Crippen LogP contribution is -2.07. The molecule has 0 aliphatic carbocycles. The van der Waals surface area contributed by atoms with E-state index in [1.54, 1.807) is 32.1 Å². The molecule has 6 heteroatoms. The van der Waals surface area contributed by atoms with Crippen LogP contribution in [0.2, 0.25) is 0 Å². The second-order valence-electron chi connectivity index (χ2n) is 4.39. The van der Waals surface area contributed by atoms with E-state index in [1.807, 2.05) is 19.1 Å². The summed E-state index contributed by atoms with van der Waals surface area (Å²) in [7, 11) is 4.80. The molecular weight excluding hydrogens is 258 g/mol. The molecule has 1 aromatic heterocycles. The maximum atomic E-state index is 5.91. The topological polar surface area (TPSA) is 71.5 Å². The fraction of sp³-hybridized carbons (Fsp3) is 0.357. The summed E-state index contributed by atoms with van der Waals surface area (Å²) in [6.07, 6.45) is 0. The molecular formula is C14H19N3O3. The second kappa shape index (κ2) is 5.73. The minimum atomic E-state index is 0.503. The largest absolute Gasteiger partial charge is 0.496 e. The van der Waals surface area contributed by atoms with Crippen molar-refractivity contribution in [1.29, 1.82) is 0 Å². The SMILES string of the molecule is COc1cc(OC)c(OC)cc1Cn1nc(C)cc1N. The van der Waals surface area contributed by atoms with Gasteiger partial charge < -0.3 is 19.9 Å². The molecule has 0 aliphatic heterocycles. The first-order chi connectivity index (χ1) is 9.58. The number of nitrogens with zero attached hydrogens (tertiary/aromatic N) is 2. The lowest BCUT2D eigenvalue weighted by atomic mass is 10.1. The number of nitrogens with two attached hydrogens (primary N) is 1. The molecule has 0 amide bonds. The molecule has 0 radical (unpaired) electrons. The van der Waals surface area contributed by atoms with Gasteiger partial charge in [-0.3, -0.25) is 0 Å². The van der Waals surface area contributed by atoms with Gasteiger partial charge in [-0.05, 0) is 13.0 Å². The van der Waals surface area contributed by atoms with Crippen molar-refractivity contribution in [3.05, 3.63) is 29.5 Å². The Balaban J connectivity index is 2.42. The third-order valence-corrected chi connectivity index (χ3v) is 3.04. The molecule has 2 N–H and O–H groups in total. The summed E-state index contributed by atoms with van der Waals surface area (Å²) >= 11 is 0. The van der Waals surface area contributed by atoms with Gasteiger partial charge in [0.1, 0.15) is 11.6 Å². The maximum absolute atomic E-state index is 5.91. The Bertz CT molecular complexity index is 608. The highest BCUT2D eigenvalue weighted by atomic mass is 16.5. The molecule has 0 spiro atoms. The molecule has 0 saturated carbocycles. The van der Waals surface area contributed by atoms with Gasteiger partial charge in [-0.2, -0.15) is 5.10 Å². The highest BCUT2D eigenvalue weighted by Crippen LogP contribution is 2.35. The predicted octanol–water partition coefficient (Wildman–Crippen LogP) is 1.85. The van der Waals surface area contributed by atoms with Crippen LogP contribution in [0.3, 0.4) is 0 Å². The van der Waals surface area contributed by atoms with Gasteiger partial charge in [-0.15, -0.1) is 0 Å². The fourth-order valence-electron chi connectivity index (χ4n) is 2.07. The van der Waals surface area contributed by atoms with E-state index in [1.165, 1.54) is 0 Å². The Morgan fingerprint density at radius 1 is 1.00 bits per heavy atom. The van der Waals surface area contributed by atoms with Crippen molar-refractivity contribution in [2.75, 3.05) is 27.1 Å². The van der Waals surface area contributed by atoms with Crippen molar-refractivity contribution in [3.63, 3.8) is 0 Å². The van der Waals surface area contributed by atoms with Crippen molar-refractivity contribution in [2.24, 2.45) is 0 Å². The second-order valence-corrected chi connectivity index (χ2v) is 4.39. The number of hydrogen-bond donors (Lipinski definition) is 1. The van der Waals surface area contributed by atoms with Crippen molar-refractivity contribution in [3.8, 4) is 17.2 Å². The number of anilines is 1. The number of methoxy groups -OCH3 is 3. The Morgan fingerprint density at radius 3 is 2.10 bits per heavy atom. The van der Waals surface area contributed by atoms with Gasteiger partial charge in [-0.1, -0.05) is 0 Å². The van der Waals surface area contributed by atoms with Gasteiger partial charge in [0.25, 0.3) is 0 Å². The highest BCUT2D eigenvalue weighted by Gasteiger charge is 2.13. The molecule has 0 saturated heterocycles. The Hall–Kier alpha value is -2.37. The lowest BCUT2D eigenvalue weighted by molar-refractivity contribution is 0.347. The number of nitrogen functional groups attached to an aromatic ring is 1. The van der Waals surface area contributed by atoms with Crippen LogP contribution < -0.4 is 19.9 Å². The standard InChI is InChI=1S/C14H19N3O3/c1-9-5-14(15)17(16-9)8-10-6-12(19-3)13(20-4)7-11(10)18-2/h5-7H,8,15H2,1-4H3. The summed E-state index contributed by atoms with van der Waals surface area (Å²) in [5.74, 6) is 2.58. The molecule has 0 unspecified atom stereocenters. The van der Waals surface area contributed by atoms with Crippen LogP contribution in [0.25, 0.3) is 0 Å². The molecule has 0 bridgehead atoms. The Morgan fingerprint density at radius 2 is 1.60 bits per heavy atom. The summed E-state index contributed by atoms with van der Waals surface area (Å²) in [4.78, 5) is 0. The zero-order chi connectivity index (χ0) is 14.7. The minimum Gasteiger partial charge on any atom is -0.496 e. The van der Waals surface area contributed by atoms with E-state index in [2.05, 4.69) is 5.10 Å². The number of aryl methyl sites for hydroxylation is 1. The molecule has 0 atom stereocenters. The maximum Gasteiger partial charge on any atom is 0.164 e. The molecule has 20 heavy (non-hydrogen) atoms. The van der Waals surface area contributed by atoms with E-state index >= 15 is 0 Å². The van der Waals surface area contributed by atoms with E-state index in [-0.39, 0.29) is 0 Å². The minimum absolute atomic E-state index is 0.503. The molecule has 0 fully saturated rings. The molecule has 2 rings (SSSR count). The molecule has 6 nitrogen and oxygen atoms in total. The molecule has 108 valence electrons. The first-order valence-electron chi connectivity index (χ1n) is 6.17. The van der Waals surface area contributed by atoms with Crippen LogP contribution in [-0.2, 0) is 6.54 Å². The summed E-state index contributed by atoms with van der Waals surface area (Å²) < 4.78 is 17.7. The molecule has 0 aliphatic rings. The monoisotopic (exact) mass is 277 g/mol. The number of aromatic nitrogens is 2.